The summed E-state index contributed by atoms with van der Waals surface area (Å²) < 4.78 is 63.5. The van der Waals surface area contributed by atoms with E-state index in [0.717, 1.165) is 0 Å². The van der Waals surface area contributed by atoms with Crippen molar-refractivity contribution >= 4 is 52.6 Å². The van der Waals surface area contributed by atoms with Gasteiger partial charge in [-0.2, -0.15) is 0 Å². The molecule has 0 aromatic rings. The maximum atomic E-state index is 10.8. The first kappa shape index (κ1) is 21.2. The van der Waals surface area contributed by atoms with E-state index in [0.29, 0.717) is 18.8 Å². The van der Waals surface area contributed by atoms with Gasteiger partial charge in [0.2, 0.25) is 0 Å². The van der Waals surface area contributed by atoms with Crippen molar-refractivity contribution in [1.82, 2.24) is 0 Å². The second-order valence-electron chi connectivity index (χ2n) is 2.57. The van der Waals surface area contributed by atoms with Gasteiger partial charge in [-0.1, -0.05) is 0 Å². The second-order valence-corrected chi connectivity index (χ2v) is 9.20. The van der Waals surface area contributed by atoms with Crippen molar-refractivity contribution < 1.29 is 37.7 Å². The molecule has 15 heavy (non-hydrogen) atoms. The molecule has 0 bridgehead atoms. The molecule has 0 atom stereocenters. The SMILES string of the molecule is CS(=O)(=O)[C-](S(C)(=O)=O)S(C)(=O)=O.[Cl-].[Mg+2]. The molecule has 0 N–H and O–H groups in total. The van der Waals surface area contributed by atoms with Crippen LogP contribution in [0.2, 0.25) is 0 Å². The Labute approximate surface area is 112 Å². The van der Waals surface area contributed by atoms with E-state index in [1.54, 1.807) is 0 Å². The van der Waals surface area contributed by atoms with Gasteiger partial charge in [0.25, 0.3) is 0 Å². The summed E-state index contributed by atoms with van der Waals surface area (Å²) in [4.78, 5) is 0. The summed E-state index contributed by atoms with van der Waals surface area (Å²) in [6, 6.07) is 0. The van der Waals surface area contributed by atoms with Crippen LogP contribution in [0.3, 0.4) is 0 Å². The van der Waals surface area contributed by atoms with Gasteiger partial charge in [-0.3, -0.25) is 25.3 Å². The van der Waals surface area contributed by atoms with E-state index in [-0.39, 0.29) is 35.5 Å². The Morgan fingerprint density at radius 3 is 0.800 bits per heavy atom. The van der Waals surface area contributed by atoms with Crippen molar-refractivity contribution in [3.63, 3.8) is 0 Å². The fraction of sp³-hybridized carbons (Fsp3) is 0.750. The first-order chi connectivity index (χ1) is 5.37. The van der Waals surface area contributed by atoms with Gasteiger partial charge < -0.3 is 12.4 Å². The Bertz CT molecular complexity index is 412. The van der Waals surface area contributed by atoms with E-state index in [1.807, 2.05) is 0 Å². The third-order valence-electron chi connectivity index (χ3n) is 0.908. The van der Waals surface area contributed by atoms with Gasteiger partial charge in [-0.05, 0) is 0 Å². The Balaban J connectivity index is -0.000000720. The molecule has 0 aromatic carbocycles. The van der Waals surface area contributed by atoms with Crippen LogP contribution in [0.15, 0.2) is 0 Å². The van der Waals surface area contributed by atoms with Gasteiger partial charge in [-0.25, -0.2) is 0 Å². The smallest absolute Gasteiger partial charge is 1.00 e. The van der Waals surface area contributed by atoms with E-state index >= 15 is 0 Å². The van der Waals surface area contributed by atoms with Gasteiger partial charge in [0.05, 0.1) is 29.5 Å². The van der Waals surface area contributed by atoms with E-state index in [2.05, 4.69) is 0 Å². The summed E-state index contributed by atoms with van der Waals surface area (Å²) >= 11 is 0. The summed E-state index contributed by atoms with van der Waals surface area (Å²) in [6.07, 6.45) is 1.60. The van der Waals surface area contributed by atoms with Crippen LogP contribution < -0.4 is 12.4 Å². The Morgan fingerprint density at radius 1 is 0.667 bits per heavy atom. The van der Waals surface area contributed by atoms with Gasteiger partial charge in [0.1, 0.15) is 0 Å². The topological polar surface area (TPSA) is 102 Å². The first-order valence-corrected chi connectivity index (χ1v) is 8.51. The monoisotopic (exact) mass is 308 g/mol. The molecule has 0 unspecified atom stereocenters. The molecule has 88 valence electrons. The predicted molar refractivity (Wildman–Crippen MR) is 53.5 cm³/mol. The molecule has 0 spiro atoms. The third kappa shape index (κ3) is 6.95. The summed E-state index contributed by atoms with van der Waals surface area (Å²) in [6.45, 7) is 0. The fourth-order valence-electron chi connectivity index (χ4n) is 0.825. The largest absolute Gasteiger partial charge is 2.00 e. The third-order valence-corrected chi connectivity index (χ3v) is 8.17. The van der Waals surface area contributed by atoms with Crippen molar-refractivity contribution in [3.8, 4) is 0 Å². The molecule has 0 radical (unpaired) electrons. The molecule has 0 amide bonds. The minimum Gasteiger partial charge on any atom is -1.00 e. The average Bonchev–Trinajstić information content (AvgIpc) is 1.44. The molecule has 0 fully saturated rings. The van der Waals surface area contributed by atoms with Crippen LogP contribution in [-0.4, -0.2) is 67.1 Å². The number of halogens is 1. The van der Waals surface area contributed by atoms with Crippen LogP contribution >= 0.6 is 0 Å². The van der Waals surface area contributed by atoms with Crippen LogP contribution in [0.4, 0.5) is 0 Å². The average molecular weight is 309 g/mol. The molecule has 0 aromatic heterocycles. The molecular formula is C4H9ClMgO6S3. The van der Waals surface area contributed by atoms with Gasteiger partial charge in [0.15, 0.2) is 0 Å². The minimum absolute atomic E-state index is 0. The number of rotatable bonds is 3. The Morgan fingerprint density at radius 2 is 0.800 bits per heavy atom. The summed E-state index contributed by atoms with van der Waals surface area (Å²) in [5, 5.41) is 0. The molecule has 0 rings (SSSR count). The van der Waals surface area contributed by atoms with Gasteiger partial charge in [0, 0.05) is 22.7 Å². The van der Waals surface area contributed by atoms with Gasteiger partial charge >= 0.3 is 23.1 Å². The maximum absolute atomic E-state index is 10.8. The molecule has 0 aliphatic heterocycles. The van der Waals surface area contributed by atoms with Crippen LogP contribution in [-0.2, 0) is 29.5 Å². The first-order valence-electron chi connectivity index (χ1n) is 2.84. The van der Waals surface area contributed by atoms with E-state index in [9.17, 15) is 25.3 Å². The maximum Gasteiger partial charge on any atom is 2.00 e. The minimum atomic E-state index is -4.24. The zero-order valence-corrected chi connectivity index (χ0v) is 12.9. The Hall–Kier alpha value is 0.906. The van der Waals surface area contributed by atoms with Crippen LogP contribution in [0.1, 0.15) is 0 Å². The number of hydrogen-bond acceptors (Lipinski definition) is 6. The van der Waals surface area contributed by atoms with Crippen molar-refractivity contribution in [1.29, 1.82) is 0 Å². The van der Waals surface area contributed by atoms with Crippen molar-refractivity contribution in [3.05, 3.63) is 3.91 Å². The van der Waals surface area contributed by atoms with Crippen molar-refractivity contribution in [2.75, 3.05) is 18.8 Å². The zero-order valence-electron chi connectivity index (χ0n) is 8.26. The fourth-order valence-corrected chi connectivity index (χ4v) is 7.42. The van der Waals surface area contributed by atoms with E-state index in [4.69, 9.17) is 0 Å². The predicted octanol–water partition coefficient (Wildman–Crippen LogP) is -4.81. The van der Waals surface area contributed by atoms with Crippen LogP contribution in [0.25, 0.3) is 0 Å². The summed E-state index contributed by atoms with van der Waals surface area (Å²) in [5.41, 5.74) is 0. The second kappa shape index (κ2) is 6.01. The molecule has 0 aliphatic rings. The van der Waals surface area contributed by atoms with Crippen molar-refractivity contribution in [2.24, 2.45) is 0 Å². The molecule has 0 aliphatic carbocycles. The quantitative estimate of drug-likeness (QED) is 0.383. The summed E-state index contributed by atoms with van der Waals surface area (Å²) in [7, 11) is -12.7. The van der Waals surface area contributed by atoms with Crippen LogP contribution in [0.5, 0.6) is 0 Å². The molecule has 0 heterocycles. The number of hydrogen-bond donors (Lipinski definition) is 0. The molecule has 0 saturated carbocycles. The number of sulfone groups is 3. The standard InChI is InChI=1S/C4H9O6S3.ClH.Mg/c1-11(5,6)4(12(2,7)8)13(3,9)10;;/h1-3H3;1H;/q-1;;+2/p-1. The molecule has 0 saturated heterocycles. The Kier molecular flexibility index (Phi) is 8.50. The normalized spacial score (nSPS) is 12.8. The van der Waals surface area contributed by atoms with E-state index in [1.165, 1.54) is 0 Å². The molecular weight excluding hydrogens is 300 g/mol. The molecule has 11 heteroatoms. The van der Waals surface area contributed by atoms with Crippen molar-refractivity contribution in [2.45, 2.75) is 0 Å². The zero-order chi connectivity index (χ0) is 11.1. The molecule has 6 nitrogen and oxygen atoms in total. The summed E-state index contributed by atoms with van der Waals surface area (Å²) in [5.74, 6) is 0. The van der Waals surface area contributed by atoms with E-state index < -0.39 is 33.4 Å². The van der Waals surface area contributed by atoms with Crippen LogP contribution in [0, 0.1) is 3.91 Å². The van der Waals surface area contributed by atoms with Gasteiger partial charge in [-0.15, -0.1) is 0 Å².